The Morgan fingerprint density at radius 1 is 1.23 bits per heavy atom. The van der Waals surface area contributed by atoms with Crippen molar-refractivity contribution < 1.29 is 14.3 Å². The van der Waals surface area contributed by atoms with E-state index >= 15 is 0 Å². The molecule has 0 spiro atoms. The maximum absolute atomic E-state index is 10.0. The lowest BCUT2D eigenvalue weighted by atomic mass is 10.2. The molecule has 0 N–H and O–H groups in total. The first kappa shape index (κ1) is 14.9. The third-order valence-corrected chi connectivity index (χ3v) is 1.01. The zero-order valence-electron chi connectivity index (χ0n) is 9.80. The summed E-state index contributed by atoms with van der Waals surface area (Å²) in [6.45, 7) is 11.1. The van der Waals surface area contributed by atoms with Gasteiger partial charge in [-0.1, -0.05) is 0 Å². The summed E-state index contributed by atoms with van der Waals surface area (Å²) in [6.07, 6.45) is 0.0255. The molecule has 3 heteroatoms. The van der Waals surface area contributed by atoms with Gasteiger partial charge in [-0.15, -0.1) is 0 Å². The fourth-order valence-corrected chi connectivity index (χ4v) is 0.332. The van der Waals surface area contributed by atoms with Crippen molar-refractivity contribution in [1.29, 1.82) is 0 Å². The number of esters is 1. The maximum Gasteiger partial charge on any atom is 0.302 e. The molecule has 13 heavy (non-hydrogen) atoms. The second kappa shape index (κ2) is 6.89. The van der Waals surface area contributed by atoms with E-state index in [0.717, 1.165) is 0 Å². The number of hydrogen-bond acceptors (Lipinski definition) is 3. The minimum absolute atomic E-state index is 0.0255. The number of carbonyl (C=O) groups is 1. The van der Waals surface area contributed by atoms with Crippen LogP contribution < -0.4 is 0 Å². The van der Waals surface area contributed by atoms with Crippen molar-refractivity contribution >= 4 is 5.97 Å². The van der Waals surface area contributed by atoms with Crippen molar-refractivity contribution in [3.05, 3.63) is 0 Å². The van der Waals surface area contributed by atoms with Crippen molar-refractivity contribution in [2.24, 2.45) is 0 Å². The number of carbonyl (C=O) groups excluding carboxylic acids is 1. The van der Waals surface area contributed by atoms with Crippen LogP contribution in [-0.4, -0.2) is 24.8 Å². The van der Waals surface area contributed by atoms with Gasteiger partial charge < -0.3 is 9.47 Å². The van der Waals surface area contributed by atoms with Crippen molar-refractivity contribution in [3.63, 3.8) is 0 Å². The molecular formula is C10H22O3. The molecule has 0 saturated heterocycles. The molecule has 3 nitrogen and oxygen atoms in total. The summed E-state index contributed by atoms with van der Waals surface area (Å²) >= 11 is 0. The number of rotatable bonds is 1. The first-order valence-corrected chi connectivity index (χ1v) is 4.41. The van der Waals surface area contributed by atoms with Crippen LogP contribution in [0.15, 0.2) is 0 Å². The van der Waals surface area contributed by atoms with Crippen molar-refractivity contribution in [1.82, 2.24) is 0 Å². The fourth-order valence-electron chi connectivity index (χ4n) is 0.332. The lowest BCUT2D eigenvalue weighted by molar-refractivity contribution is -0.144. The molecule has 0 aromatic carbocycles. The quantitative estimate of drug-likeness (QED) is 0.595. The van der Waals surface area contributed by atoms with Gasteiger partial charge in [0.15, 0.2) is 0 Å². The Morgan fingerprint density at radius 3 is 1.54 bits per heavy atom. The van der Waals surface area contributed by atoms with Crippen molar-refractivity contribution in [2.75, 3.05) is 7.11 Å². The van der Waals surface area contributed by atoms with E-state index in [1.165, 1.54) is 6.92 Å². The zero-order valence-corrected chi connectivity index (χ0v) is 9.80. The summed E-state index contributed by atoms with van der Waals surface area (Å²) in [7, 11) is 1.71. The van der Waals surface area contributed by atoms with Crippen LogP contribution in [0.4, 0.5) is 0 Å². The molecule has 0 heterocycles. The standard InChI is InChI=1S/C5H10O2.C5H12O/c1-4(2)7-5(3)6;1-5(2,3)6-4/h4H,1-3H3;1-4H3. The Labute approximate surface area is 81.4 Å². The monoisotopic (exact) mass is 190 g/mol. The summed E-state index contributed by atoms with van der Waals surface area (Å²) in [5, 5.41) is 0. The van der Waals surface area contributed by atoms with Crippen LogP contribution in [0.3, 0.4) is 0 Å². The Kier molecular flexibility index (Phi) is 7.92. The van der Waals surface area contributed by atoms with Gasteiger partial charge in [0, 0.05) is 14.0 Å². The van der Waals surface area contributed by atoms with Gasteiger partial charge in [-0.2, -0.15) is 0 Å². The second-order valence-corrected chi connectivity index (χ2v) is 3.97. The molecule has 0 aliphatic carbocycles. The minimum Gasteiger partial charge on any atom is -0.463 e. The Hall–Kier alpha value is -0.570. The highest BCUT2D eigenvalue weighted by Crippen LogP contribution is 2.02. The van der Waals surface area contributed by atoms with Crippen LogP contribution >= 0.6 is 0 Å². The van der Waals surface area contributed by atoms with E-state index in [1.807, 2.05) is 34.6 Å². The van der Waals surface area contributed by atoms with Crippen LogP contribution in [0.2, 0.25) is 0 Å². The second-order valence-electron chi connectivity index (χ2n) is 3.97. The average molecular weight is 190 g/mol. The summed E-state index contributed by atoms with van der Waals surface area (Å²) in [5.41, 5.74) is 0.0417. The van der Waals surface area contributed by atoms with Gasteiger partial charge in [-0.05, 0) is 34.6 Å². The van der Waals surface area contributed by atoms with E-state index in [4.69, 9.17) is 4.74 Å². The van der Waals surface area contributed by atoms with Crippen LogP contribution in [0.25, 0.3) is 0 Å². The molecule has 0 fully saturated rings. The topological polar surface area (TPSA) is 35.5 Å². The highest BCUT2D eigenvalue weighted by molar-refractivity contribution is 5.66. The Bertz CT molecular complexity index is 134. The molecule has 0 bridgehead atoms. The predicted octanol–water partition coefficient (Wildman–Crippen LogP) is 2.39. The molecular weight excluding hydrogens is 168 g/mol. The van der Waals surface area contributed by atoms with E-state index in [9.17, 15) is 4.79 Å². The molecule has 0 atom stereocenters. The van der Waals surface area contributed by atoms with Gasteiger partial charge in [-0.25, -0.2) is 0 Å². The lowest BCUT2D eigenvalue weighted by Gasteiger charge is -2.14. The first-order valence-electron chi connectivity index (χ1n) is 4.41. The summed E-state index contributed by atoms with van der Waals surface area (Å²) in [4.78, 5) is 10.0. The van der Waals surface area contributed by atoms with E-state index in [1.54, 1.807) is 7.11 Å². The molecule has 0 radical (unpaired) electrons. The molecule has 0 aliphatic heterocycles. The molecule has 0 unspecified atom stereocenters. The van der Waals surface area contributed by atoms with Crippen molar-refractivity contribution in [2.45, 2.75) is 53.2 Å². The molecule has 0 amide bonds. The van der Waals surface area contributed by atoms with Crippen LogP contribution in [0.1, 0.15) is 41.5 Å². The molecule has 0 aliphatic rings. The van der Waals surface area contributed by atoms with Gasteiger partial charge in [0.1, 0.15) is 0 Å². The smallest absolute Gasteiger partial charge is 0.302 e. The SMILES string of the molecule is CC(=O)OC(C)C.COC(C)(C)C. The van der Waals surface area contributed by atoms with E-state index in [2.05, 4.69) is 4.74 Å². The number of methoxy groups -OCH3 is 1. The summed E-state index contributed by atoms with van der Waals surface area (Å²) in [5.74, 6) is -0.213. The minimum atomic E-state index is -0.213. The van der Waals surface area contributed by atoms with Crippen LogP contribution in [-0.2, 0) is 14.3 Å². The van der Waals surface area contributed by atoms with Crippen LogP contribution in [0, 0.1) is 0 Å². The lowest BCUT2D eigenvalue weighted by Crippen LogP contribution is -2.15. The van der Waals surface area contributed by atoms with Gasteiger partial charge >= 0.3 is 5.97 Å². The summed E-state index contributed by atoms with van der Waals surface area (Å²) < 4.78 is 9.55. The highest BCUT2D eigenvalue weighted by atomic mass is 16.5. The third kappa shape index (κ3) is 24.6. The Morgan fingerprint density at radius 2 is 1.54 bits per heavy atom. The molecule has 0 aromatic rings. The molecule has 80 valence electrons. The third-order valence-electron chi connectivity index (χ3n) is 1.01. The van der Waals surface area contributed by atoms with E-state index in [-0.39, 0.29) is 17.7 Å². The molecule has 0 rings (SSSR count). The fraction of sp³-hybridized carbons (Fsp3) is 0.900. The first-order chi connectivity index (χ1) is 5.69. The van der Waals surface area contributed by atoms with Crippen LogP contribution in [0.5, 0.6) is 0 Å². The Balaban J connectivity index is 0. The zero-order chi connectivity index (χ0) is 11.1. The predicted molar refractivity (Wildman–Crippen MR) is 53.7 cm³/mol. The maximum atomic E-state index is 10.0. The van der Waals surface area contributed by atoms with Gasteiger partial charge in [-0.3, -0.25) is 4.79 Å². The highest BCUT2D eigenvalue weighted by Gasteiger charge is 2.04. The molecule has 0 saturated carbocycles. The normalized spacial score (nSPS) is 10.5. The van der Waals surface area contributed by atoms with E-state index in [0.29, 0.717) is 0 Å². The van der Waals surface area contributed by atoms with Gasteiger partial charge in [0.2, 0.25) is 0 Å². The number of hydrogen-bond donors (Lipinski definition) is 0. The molecule has 0 aromatic heterocycles. The summed E-state index contributed by atoms with van der Waals surface area (Å²) in [6, 6.07) is 0. The largest absolute Gasteiger partial charge is 0.463 e. The number of ether oxygens (including phenoxy) is 2. The van der Waals surface area contributed by atoms with Gasteiger partial charge in [0.25, 0.3) is 0 Å². The average Bonchev–Trinajstić information content (AvgIpc) is 1.84. The van der Waals surface area contributed by atoms with Gasteiger partial charge in [0.05, 0.1) is 11.7 Å². The van der Waals surface area contributed by atoms with Crippen molar-refractivity contribution in [3.8, 4) is 0 Å². The van der Waals surface area contributed by atoms with E-state index < -0.39 is 0 Å².